The van der Waals surface area contributed by atoms with Gasteiger partial charge in [0.15, 0.2) is 18.9 Å². The van der Waals surface area contributed by atoms with E-state index in [1.807, 2.05) is 0 Å². The molecule has 0 aromatic carbocycles. The minimum absolute atomic E-state index is 0.238. The molecule has 1 aliphatic heterocycles. The van der Waals surface area contributed by atoms with Gasteiger partial charge in [-0.1, -0.05) is 53.0 Å². The summed E-state index contributed by atoms with van der Waals surface area (Å²) in [5.41, 5.74) is 0. The quantitative estimate of drug-likeness (QED) is 0.490. The maximum atomic E-state index is 6.35. The van der Waals surface area contributed by atoms with Gasteiger partial charge in [0.05, 0.1) is 0 Å². The van der Waals surface area contributed by atoms with Crippen molar-refractivity contribution in [1.82, 2.24) is 0 Å². The van der Waals surface area contributed by atoms with E-state index in [0.717, 1.165) is 72.9 Å². The van der Waals surface area contributed by atoms with Crippen LogP contribution in [-0.4, -0.2) is 18.9 Å². The van der Waals surface area contributed by atoms with Crippen molar-refractivity contribution < 1.29 is 14.2 Å². The molecule has 4 aliphatic rings. The first-order chi connectivity index (χ1) is 13.1. The smallest absolute Gasteiger partial charge is 0.167 e. The van der Waals surface area contributed by atoms with Gasteiger partial charge in [-0.25, -0.2) is 0 Å². The Morgan fingerprint density at radius 1 is 0.556 bits per heavy atom. The molecule has 0 N–H and O–H groups in total. The number of hydrogen-bond donors (Lipinski definition) is 0. The number of rotatable bonds is 3. The molecule has 150 valence electrons. The molecule has 4 rings (SSSR count). The molecule has 0 amide bonds. The third-order valence-electron chi connectivity index (χ3n) is 6.15. The summed E-state index contributed by atoms with van der Waals surface area (Å²) in [7, 11) is 0. The van der Waals surface area contributed by atoms with Crippen LogP contribution in [0.5, 0.6) is 0 Å². The molecule has 0 aromatic heterocycles. The Labute approximate surface area is 176 Å². The Kier molecular flexibility index (Phi) is 6.89. The van der Waals surface area contributed by atoms with Crippen LogP contribution in [0.15, 0.2) is 33.3 Å². The Morgan fingerprint density at radius 2 is 0.852 bits per heavy atom. The van der Waals surface area contributed by atoms with Gasteiger partial charge in [-0.05, 0) is 57.8 Å². The average molecular weight is 434 g/mol. The first kappa shape index (κ1) is 20.3. The van der Waals surface area contributed by atoms with Crippen molar-refractivity contribution in [2.24, 2.45) is 17.8 Å². The zero-order valence-corrected chi connectivity index (χ0v) is 17.7. The fourth-order valence-corrected chi connectivity index (χ4v) is 4.96. The molecule has 0 radical (unpaired) electrons. The SMILES string of the molecule is ClC1=CCC(C2OC(C3CC=C(Cl)CC3)OC(C3CC=C(Cl)CC3)O2)CC1. The fraction of sp³-hybridized carbons (Fsp3) is 0.714. The monoisotopic (exact) mass is 432 g/mol. The summed E-state index contributed by atoms with van der Waals surface area (Å²) in [6.45, 7) is 0. The molecular formula is C21H27Cl3O3. The summed E-state index contributed by atoms with van der Waals surface area (Å²) >= 11 is 18.5. The van der Waals surface area contributed by atoms with E-state index in [1.165, 1.54) is 0 Å². The Bertz CT molecular complexity index is 539. The van der Waals surface area contributed by atoms with E-state index in [1.54, 1.807) is 0 Å². The van der Waals surface area contributed by atoms with E-state index < -0.39 is 0 Å². The van der Waals surface area contributed by atoms with Gasteiger partial charge in [-0.3, -0.25) is 0 Å². The van der Waals surface area contributed by atoms with E-state index in [2.05, 4.69) is 18.2 Å². The lowest BCUT2D eigenvalue weighted by atomic mass is 9.90. The van der Waals surface area contributed by atoms with Crippen LogP contribution in [0.1, 0.15) is 57.8 Å². The highest BCUT2D eigenvalue weighted by Crippen LogP contribution is 2.41. The highest BCUT2D eigenvalue weighted by atomic mass is 35.5. The Hall–Kier alpha value is -0.0300. The van der Waals surface area contributed by atoms with Crippen LogP contribution >= 0.6 is 34.8 Å². The summed E-state index contributed by atoms with van der Waals surface area (Å²) in [5, 5.41) is 2.85. The minimum atomic E-state index is -0.238. The van der Waals surface area contributed by atoms with Gasteiger partial charge in [0, 0.05) is 32.9 Å². The molecule has 1 heterocycles. The zero-order chi connectivity index (χ0) is 18.8. The minimum Gasteiger partial charge on any atom is -0.323 e. The highest BCUT2D eigenvalue weighted by molar-refractivity contribution is 6.30. The van der Waals surface area contributed by atoms with Crippen LogP contribution in [0.25, 0.3) is 0 Å². The zero-order valence-electron chi connectivity index (χ0n) is 15.4. The normalized spacial score (nSPS) is 40.8. The average Bonchev–Trinajstić information content (AvgIpc) is 2.69. The van der Waals surface area contributed by atoms with Gasteiger partial charge in [0.1, 0.15) is 0 Å². The summed E-state index contributed by atoms with van der Waals surface area (Å²) in [6, 6.07) is 0. The van der Waals surface area contributed by atoms with Gasteiger partial charge in [0.2, 0.25) is 0 Å². The predicted molar refractivity (Wildman–Crippen MR) is 108 cm³/mol. The first-order valence-electron chi connectivity index (χ1n) is 10.1. The van der Waals surface area contributed by atoms with E-state index in [9.17, 15) is 0 Å². The molecule has 1 saturated heterocycles. The third kappa shape index (κ3) is 5.12. The van der Waals surface area contributed by atoms with Crippen molar-refractivity contribution in [3.63, 3.8) is 0 Å². The number of ether oxygens (including phenoxy) is 3. The molecule has 6 heteroatoms. The van der Waals surface area contributed by atoms with Crippen molar-refractivity contribution in [1.29, 1.82) is 0 Å². The number of halogens is 3. The second-order valence-electron chi connectivity index (χ2n) is 8.07. The van der Waals surface area contributed by atoms with Gasteiger partial charge >= 0.3 is 0 Å². The van der Waals surface area contributed by atoms with Crippen LogP contribution in [0, 0.1) is 17.8 Å². The molecule has 1 fully saturated rings. The van der Waals surface area contributed by atoms with Crippen molar-refractivity contribution in [2.75, 3.05) is 0 Å². The summed E-state index contributed by atoms with van der Waals surface area (Å²) < 4.78 is 19.0. The first-order valence-corrected chi connectivity index (χ1v) is 11.2. The fourth-order valence-electron chi connectivity index (χ4n) is 4.37. The molecule has 3 atom stereocenters. The Balaban J connectivity index is 1.48. The lowest BCUT2D eigenvalue weighted by Gasteiger charge is -2.45. The molecule has 3 unspecified atom stereocenters. The van der Waals surface area contributed by atoms with Crippen molar-refractivity contribution in [2.45, 2.75) is 76.7 Å². The van der Waals surface area contributed by atoms with Crippen LogP contribution in [0.3, 0.4) is 0 Å². The molecule has 27 heavy (non-hydrogen) atoms. The van der Waals surface area contributed by atoms with Gasteiger partial charge in [-0.15, -0.1) is 0 Å². The molecule has 0 aromatic rings. The number of hydrogen-bond acceptors (Lipinski definition) is 3. The standard InChI is InChI=1S/C21H27Cl3O3/c22-16-7-1-13(2-8-16)19-25-20(14-3-9-17(23)10-4-14)27-21(26-19)15-5-11-18(24)12-6-15/h7,9,11,13-15,19-21H,1-6,8,10,12H2. The molecule has 3 aliphatic carbocycles. The summed E-state index contributed by atoms with van der Waals surface area (Å²) in [4.78, 5) is 0. The van der Waals surface area contributed by atoms with Crippen LogP contribution in [0.4, 0.5) is 0 Å². The molecule has 0 saturated carbocycles. The van der Waals surface area contributed by atoms with Crippen LogP contribution in [-0.2, 0) is 14.2 Å². The van der Waals surface area contributed by atoms with Crippen molar-refractivity contribution in [3.05, 3.63) is 33.3 Å². The van der Waals surface area contributed by atoms with Crippen molar-refractivity contribution in [3.8, 4) is 0 Å². The lowest BCUT2D eigenvalue weighted by Crippen LogP contribution is -2.49. The van der Waals surface area contributed by atoms with E-state index in [-0.39, 0.29) is 18.9 Å². The van der Waals surface area contributed by atoms with E-state index in [4.69, 9.17) is 49.0 Å². The number of allylic oxidation sites excluding steroid dienone is 6. The second-order valence-corrected chi connectivity index (χ2v) is 9.53. The van der Waals surface area contributed by atoms with Crippen LogP contribution < -0.4 is 0 Å². The molecule has 3 nitrogen and oxygen atoms in total. The molecule has 0 bridgehead atoms. The highest BCUT2D eigenvalue weighted by Gasteiger charge is 2.42. The third-order valence-corrected chi connectivity index (χ3v) is 7.18. The van der Waals surface area contributed by atoms with Gasteiger partial charge < -0.3 is 14.2 Å². The maximum Gasteiger partial charge on any atom is 0.167 e. The topological polar surface area (TPSA) is 27.7 Å². The van der Waals surface area contributed by atoms with Gasteiger partial charge in [0.25, 0.3) is 0 Å². The maximum absolute atomic E-state index is 6.35. The lowest BCUT2D eigenvalue weighted by molar-refractivity contribution is -0.415. The second kappa shape index (κ2) is 9.19. The van der Waals surface area contributed by atoms with E-state index in [0.29, 0.717) is 17.8 Å². The largest absolute Gasteiger partial charge is 0.323 e. The predicted octanol–water partition coefficient (Wildman–Crippen LogP) is 6.80. The van der Waals surface area contributed by atoms with Crippen molar-refractivity contribution >= 4 is 34.8 Å². The molecular weight excluding hydrogens is 407 g/mol. The van der Waals surface area contributed by atoms with Gasteiger partial charge in [-0.2, -0.15) is 0 Å². The summed E-state index contributed by atoms with van der Waals surface area (Å²) in [5.74, 6) is 0.977. The van der Waals surface area contributed by atoms with Crippen LogP contribution in [0.2, 0.25) is 0 Å². The Morgan fingerprint density at radius 3 is 1.07 bits per heavy atom. The van der Waals surface area contributed by atoms with E-state index >= 15 is 0 Å². The molecule has 0 spiro atoms. The summed E-state index contributed by atoms with van der Waals surface area (Å²) in [6.07, 6.45) is 14.0.